The Kier molecular flexibility index (Phi) is 8.08. The number of hydrogen-bond acceptors (Lipinski definition) is 8. The molecular weight excluding hydrogens is 456 g/mol. The molecule has 0 spiro atoms. The molecule has 186 valence electrons. The second-order valence-corrected chi connectivity index (χ2v) is 8.18. The smallest absolute Gasteiger partial charge is 0.295 e. The minimum atomic E-state index is -0.899. The number of Topliss-reactive ketones (excluding diaryl/α,β-unsaturated/α-hetero) is 1. The number of rotatable bonds is 10. The largest absolute Gasteiger partial charge is 0.507 e. The number of methoxy groups -OCH3 is 2. The van der Waals surface area contributed by atoms with Crippen LogP contribution in [0.3, 0.4) is 0 Å². The number of nitrogens with zero attached hydrogens (tertiary/aromatic N) is 2. The van der Waals surface area contributed by atoms with Crippen LogP contribution in [-0.4, -0.2) is 60.1 Å². The number of nitro benzene ring substituents is 1. The Balaban J connectivity index is 2.09. The van der Waals surface area contributed by atoms with E-state index in [1.54, 1.807) is 18.2 Å². The van der Waals surface area contributed by atoms with Crippen molar-refractivity contribution in [1.82, 2.24) is 4.90 Å². The fourth-order valence-electron chi connectivity index (χ4n) is 3.93. The Hall–Kier alpha value is -3.92. The van der Waals surface area contributed by atoms with Gasteiger partial charge in [0.05, 0.1) is 36.9 Å². The van der Waals surface area contributed by atoms with Gasteiger partial charge in [-0.25, -0.2) is 0 Å². The number of aliphatic hydroxyl groups is 1. The van der Waals surface area contributed by atoms with E-state index in [-0.39, 0.29) is 29.5 Å². The number of carbonyl (C=O) groups excluding carboxylic acids is 2. The van der Waals surface area contributed by atoms with E-state index in [9.17, 15) is 24.8 Å². The first-order valence-electron chi connectivity index (χ1n) is 11.1. The van der Waals surface area contributed by atoms with Crippen molar-refractivity contribution in [2.45, 2.75) is 32.4 Å². The maximum Gasteiger partial charge on any atom is 0.295 e. The highest BCUT2D eigenvalue weighted by atomic mass is 16.6. The number of nitro groups is 1. The van der Waals surface area contributed by atoms with Crippen molar-refractivity contribution in [3.05, 3.63) is 69.3 Å². The lowest BCUT2D eigenvalue weighted by Gasteiger charge is -2.26. The number of likely N-dealkylation sites (tertiary alicyclic amines) is 1. The third kappa shape index (κ3) is 5.43. The van der Waals surface area contributed by atoms with Crippen LogP contribution >= 0.6 is 0 Å². The first-order chi connectivity index (χ1) is 16.7. The standard InChI is InChI=1S/C25H28N2O8/c1-15(2)35-13-5-12-26-22(17-8-11-19(33-3)20(14-17)34-4)21(24(29)25(26)30)23(28)16-6-9-18(10-7-16)27(31)32/h6-11,14-15,22,28H,5,12-13H2,1-4H3/b23-21-. The molecule has 1 saturated heterocycles. The lowest BCUT2D eigenvalue weighted by atomic mass is 9.95. The van der Waals surface area contributed by atoms with Crippen LogP contribution < -0.4 is 9.47 Å². The molecule has 10 nitrogen and oxygen atoms in total. The molecule has 1 fully saturated rings. The van der Waals surface area contributed by atoms with E-state index in [0.717, 1.165) is 0 Å². The van der Waals surface area contributed by atoms with Gasteiger partial charge in [-0.3, -0.25) is 19.7 Å². The summed E-state index contributed by atoms with van der Waals surface area (Å²) in [5, 5.41) is 22.1. The van der Waals surface area contributed by atoms with Crippen LogP contribution in [0.2, 0.25) is 0 Å². The summed E-state index contributed by atoms with van der Waals surface area (Å²) in [6, 6.07) is 9.21. The quantitative estimate of drug-likeness (QED) is 0.134. The maximum atomic E-state index is 13.1. The van der Waals surface area contributed by atoms with Crippen molar-refractivity contribution < 1.29 is 33.8 Å². The Morgan fingerprint density at radius 1 is 1.09 bits per heavy atom. The molecule has 3 rings (SSSR count). The fraction of sp³-hybridized carbons (Fsp3) is 0.360. The van der Waals surface area contributed by atoms with Crippen molar-refractivity contribution in [1.29, 1.82) is 0 Å². The van der Waals surface area contributed by atoms with Gasteiger partial charge in [0.1, 0.15) is 5.76 Å². The predicted molar refractivity (Wildman–Crippen MR) is 127 cm³/mol. The Morgan fingerprint density at radius 2 is 1.74 bits per heavy atom. The molecule has 2 aromatic carbocycles. The average molecular weight is 485 g/mol. The molecule has 1 heterocycles. The third-order valence-corrected chi connectivity index (χ3v) is 5.61. The number of non-ortho nitro benzene ring substituents is 1. The number of carbonyl (C=O) groups is 2. The molecule has 35 heavy (non-hydrogen) atoms. The second-order valence-electron chi connectivity index (χ2n) is 8.18. The highest BCUT2D eigenvalue weighted by molar-refractivity contribution is 6.46. The summed E-state index contributed by atoms with van der Waals surface area (Å²) in [5.74, 6) is -1.15. The summed E-state index contributed by atoms with van der Waals surface area (Å²) >= 11 is 0. The van der Waals surface area contributed by atoms with E-state index < -0.39 is 28.4 Å². The monoisotopic (exact) mass is 484 g/mol. The Bertz CT molecular complexity index is 1140. The number of ketones is 1. The molecule has 0 aliphatic carbocycles. The molecule has 2 aromatic rings. The van der Waals surface area contributed by atoms with Gasteiger partial charge in [0.25, 0.3) is 17.4 Å². The molecule has 1 atom stereocenters. The van der Waals surface area contributed by atoms with Crippen LogP contribution in [0.15, 0.2) is 48.0 Å². The molecule has 1 aliphatic rings. The van der Waals surface area contributed by atoms with Crippen molar-refractivity contribution in [3.63, 3.8) is 0 Å². The van der Waals surface area contributed by atoms with E-state index in [1.807, 2.05) is 13.8 Å². The van der Waals surface area contributed by atoms with Gasteiger partial charge in [-0.1, -0.05) is 6.07 Å². The zero-order valence-corrected chi connectivity index (χ0v) is 20.0. The van der Waals surface area contributed by atoms with Gasteiger partial charge in [0.15, 0.2) is 11.5 Å². The number of amides is 1. The summed E-state index contributed by atoms with van der Waals surface area (Å²) in [4.78, 5) is 37.9. The van der Waals surface area contributed by atoms with Crippen LogP contribution in [0.25, 0.3) is 5.76 Å². The van der Waals surface area contributed by atoms with Gasteiger partial charge in [0.2, 0.25) is 0 Å². The van der Waals surface area contributed by atoms with Crippen molar-refractivity contribution in [2.75, 3.05) is 27.4 Å². The van der Waals surface area contributed by atoms with E-state index in [1.165, 1.54) is 43.4 Å². The van der Waals surface area contributed by atoms with Crippen LogP contribution in [0.4, 0.5) is 5.69 Å². The highest BCUT2D eigenvalue weighted by Crippen LogP contribution is 2.42. The van der Waals surface area contributed by atoms with Gasteiger partial charge in [-0.2, -0.15) is 0 Å². The first-order valence-corrected chi connectivity index (χ1v) is 11.1. The van der Waals surface area contributed by atoms with Crippen LogP contribution in [0.5, 0.6) is 11.5 Å². The molecule has 1 unspecified atom stereocenters. The molecule has 0 bridgehead atoms. The van der Waals surface area contributed by atoms with Crippen molar-refractivity contribution in [2.24, 2.45) is 0 Å². The van der Waals surface area contributed by atoms with Gasteiger partial charge >= 0.3 is 0 Å². The summed E-state index contributed by atoms with van der Waals surface area (Å²) in [5.41, 5.74) is 0.446. The highest BCUT2D eigenvalue weighted by Gasteiger charge is 2.46. The van der Waals surface area contributed by atoms with Gasteiger partial charge in [-0.15, -0.1) is 0 Å². The summed E-state index contributed by atoms with van der Waals surface area (Å²) in [6.07, 6.45) is 0.501. The SMILES string of the molecule is COc1ccc(C2/C(=C(/O)c3ccc([N+](=O)[O-])cc3)C(=O)C(=O)N2CCCOC(C)C)cc1OC. The van der Waals surface area contributed by atoms with E-state index in [0.29, 0.717) is 30.1 Å². The predicted octanol–water partition coefficient (Wildman–Crippen LogP) is 3.85. The van der Waals surface area contributed by atoms with Crippen molar-refractivity contribution in [3.8, 4) is 11.5 Å². The Labute approximate surface area is 202 Å². The molecule has 0 saturated carbocycles. The van der Waals surface area contributed by atoms with Crippen LogP contribution in [0.1, 0.15) is 37.4 Å². The van der Waals surface area contributed by atoms with Gasteiger partial charge in [0, 0.05) is 30.8 Å². The molecule has 1 aliphatic heterocycles. The fourth-order valence-corrected chi connectivity index (χ4v) is 3.93. The zero-order chi connectivity index (χ0) is 25.7. The number of ether oxygens (including phenoxy) is 3. The van der Waals surface area contributed by atoms with Crippen molar-refractivity contribution >= 4 is 23.1 Å². The first kappa shape index (κ1) is 25.7. The molecule has 1 N–H and O–H groups in total. The molecule has 0 aromatic heterocycles. The second kappa shape index (κ2) is 11.0. The molecular formula is C25H28N2O8. The topological polar surface area (TPSA) is 128 Å². The van der Waals surface area contributed by atoms with Crippen LogP contribution in [-0.2, 0) is 14.3 Å². The maximum absolute atomic E-state index is 13.1. The number of hydrogen-bond donors (Lipinski definition) is 1. The lowest BCUT2D eigenvalue weighted by Crippen LogP contribution is -2.31. The van der Waals surface area contributed by atoms with E-state index >= 15 is 0 Å². The van der Waals surface area contributed by atoms with E-state index in [2.05, 4.69) is 0 Å². The number of benzene rings is 2. The molecule has 1 amide bonds. The summed E-state index contributed by atoms with van der Waals surface area (Å²) < 4.78 is 16.3. The zero-order valence-electron chi connectivity index (χ0n) is 20.0. The Morgan fingerprint density at radius 3 is 2.31 bits per heavy atom. The molecule has 0 radical (unpaired) electrons. The minimum absolute atomic E-state index is 0.0224. The molecule has 10 heteroatoms. The lowest BCUT2D eigenvalue weighted by molar-refractivity contribution is -0.384. The van der Waals surface area contributed by atoms with Gasteiger partial charge < -0.3 is 24.2 Å². The minimum Gasteiger partial charge on any atom is -0.507 e. The summed E-state index contributed by atoms with van der Waals surface area (Å²) in [6.45, 7) is 4.41. The van der Waals surface area contributed by atoms with Gasteiger partial charge in [-0.05, 0) is 50.1 Å². The third-order valence-electron chi connectivity index (χ3n) is 5.61. The number of aliphatic hydroxyl groups excluding tert-OH is 1. The van der Waals surface area contributed by atoms with E-state index in [4.69, 9.17) is 14.2 Å². The average Bonchev–Trinajstić information content (AvgIpc) is 3.10. The summed E-state index contributed by atoms with van der Waals surface area (Å²) in [7, 11) is 2.96. The van der Waals surface area contributed by atoms with Crippen LogP contribution in [0, 0.1) is 10.1 Å². The normalized spacial score (nSPS) is 17.2.